The van der Waals surface area contributed by atoms with Crippen LogP contribution < -0.4 is 10.2 Å². The maximum Gasteiger partial charge on any atom is 0.350 e. The second-order valence-corrected chi connectivity index (χ2v) is 10.6. The molecule has 2 saturated carbocycles. The Bertz CT molecular complexity index is 902. The lowest BCUT2D eigenvalue weighted by Gasteiger charge is -2.49. The van der Waals surface area contributed by atoms with Gasteiger partial charge in [0.1, 0.15) is 23.4 Å². The van der Waals surface area contributed by atoms with Gasteiger partial charge < -0.3 is 10.2 Å². The van der Waals surface area contributed by atoms with Crippen LogP contribution >= 0.6 is 0 Å². The van der Waals surface area contributed by atoms with Gasteiger partial charge >= 0.3 is 6.03 Å². The Morgan fingerprint density at radius 2 is 1.91 bits per heavy atom. The number of aliphatic imine (C=N–C) groups is 1. The fourth-order valence-electron chi connectivity index (χ4n) is 6.58. The molecule has 1 spiro atoms. The molecule has 1 aromatic carbocycles. The number of halogens is 2. The van der Waals surface area contributed by atoms with Crippen molar-refractivity contribution in [2.45, 2.75) is 94.9 Å². The van der Waals surface area contributed by atoms with Gasteiger partial charge in [-0.1, -0.05) is 31.7 Å². The number of carbonyl (C=O) groups is 1. The van der Waals surface area contributed by atoms with E-state index in [1.165, 1.54) is 37.8 Å². The van der Waals surface area contributed by atoms with Gasteiger partial charge in [-0.3, -0.25) is 4.90 Å². The molecule has 7 heteroatoms. The molecule has 1 aromatic rings. The van der Waals surface area contributed by atoms with Crippen molar-refractivity contribution < 1.29 is 13.6 Å². The Hall–Kier alpha value is -2.02. The Kier molecular flexibility index (Phi) is 6.43. The van der Waals surface area contributed by atoms with Crippen molar-refractivity contribution in [3.63, 3.8) is 0 Å². The average molecular weight is 459 g/mol. The van der Waals surface area contributed by atoms with Crippen LogP contribution in [-0.4, -0.2) is 53.7 Å². The van der Waals surface area contributed by atoms with E-state index in [-0.39, 0.29) is 23.9 Å². The van der Waals surface area contributed by atoms with Gasteiger partial charge in [0.25, 0.3) is 0 Å². The van der Waals surface area contributed by atoms with Crippen molar-refractivity contribution in [2.24, 2.45) is 10.9 Å². The lowest BCUT2D eigenvalue weighted by atomic mass is 9.80. The molecule has 4 aliphatic rings. The molecular formula is C26H36F2N4O. The van der Waals surface area contributed by atoms with Gasteiger partial charge in [0.2, 0.25) is 0 Å². The molecule has 33 heavy (non-hydrogen) atoms. The minimum atomic E-state index is -0.934. The molecule has 4 atom stereocenters. The molecule has 2 aliphatic heterocycles. The van der Waals surface area contributed by atoms with Crippen LogP contribution in [-0.2, 0) is 0 Å². The molecule has 2 heterocycles. The van der Waals surface area contributed by atoms with Crippen molar-refractivity contribution in [1.29, 1.82) is 0 Å². The highest BCUT2D eigenvalue weighted by atomic mass is 19.1. The Morgan fingerprint density at radius 1 is 1.15 bits per heavy atom. The van der Waals surface area contributed by atoms with Gasteiger partial charge in [-0.15, -0.1) is 0 Å². The van der Waals surface area contributed by atoms with Crippen LogP contribution in [0, 0.1) is 11.7 Å². The Morgan fingerprint density at radius 3 is 2.64 bits per heavy atom. The molecule has 0 bridgehead atoms. The van der Waals surface area contributed by atoms with E-state index in [0.29, 0.717) is 30.8 Å². The summed E-state index contributed by atoms with van der Waals surface area (Å²) in [7, 11) is 0. The summed E-state index contributed by atoms with van der Waals surface area (Å²) in [5.41, 5.74) is -0.161. The predicted molar refractivity (Wildman–Crippen MR) is 127 cm³/mol. The zero-order chi connectivity index (χ0) is 23.0. The number of nitrogens with one attached hydrogen (secondary N) is 1. The number of alkyl halides is 1. The first-order valence-electron chi connectivity index (χ1n) is 12.8. The van der Waals surface area contributed by atoms with Crippen molar-refractivity contribution in [3.8, 4) is 0 Å². The smallest absolute Gasteiger partial charge is 0.350 e. The summed E-state index contributed by atoms with van der Waals surface area (Å²) < 4.78 is 28.9. The van der Waals surface area contributed by atoms with Crippen LogP contribution in [0.3, 0.4) is 0 Å². The molecule has 2 aliphatic carbocycles. The normalized spacial score (nSPS) is 33.7. The number of piperidine rings is 1. The fourth-order valence-corrected chi connectivity index (χ4v) is 6.58. The Labute approximate surface area is 195 Å². The third-order valence-electron chi connectivity index (χ3n) is 8.37. The number of amidine groups is 1. The highest BCUT2D eigenvalue weighted by Gasteiger charge is 2.54. The summed E-state index contributed by atoms with van der Waals surface area (Å²) in [6.45, 7) is 4.17. The van der Waals surface area contributed by atoms with Gasteiger partial charge in [-0.2, -0.15) is 4.99 Å². The topological polar surface area (TPSA) is 47.9 Å². The van der Waals surface area contributed by atoms with Crippen molar-refractivity contribution in [2.75, 3.05) is 18.0 Å². The highest BCUT2D eigenvalue weighted by Crippen LogP contribution is 2.42. The summed E-state index contributed by atoms with van der Waals surface area (Å²) >= 11 is 0. The van der Waals surface area contributed by atoms with Crippen LogP contribution in [0.5, 0.6) is 0 Å². The van der Waals surface area contributed by atoms with Gasteiger partial charge in [-0.05, 0) is 69.6 Å². The van der Waals surface area contributed by atoms with Gasteiger partial charge in [-0.25, -0.2) is 13.6 Å². The predicted octanol–water partition coefficient (Wildman–Crippen LogP) is 5.45. The van der Waals surface area contributed by atoms with Crippen molar-refractivity contribution >= 4 is 17.6 Å². The van der Waals surface area contributed by atoms with Gasteiger partial charge in [0.05, 0.1) is 6.04 Å². The second kappa shape index (κ2) is 9.32. The monoisotopic (exact) mass is 458 g/mol. The minimum Gasteiger partial charge on any atom is -0.366 e. The summed E-state index contributed by atoms with van der Waals surface area (Å²) in [5, 5.41) is 3.38. The van der Waals surface area contributed by atoms with Crippen LogP contribution in [0.4, 0.5) is 19.3 Å². The number of rotatable bonds is 4. The Balaban J connectivity index is 1.43. The van der Waals surface area contributed by atoms with Crippen LogP contribution in [0.2, 0.25) is 0 Å². The van der Waals surface area contributed by atoms with E-state index in [4.69, 9.17) is 0 Å². The lowest BCUT2D eigenvalue weighted by molar-refractivity contribution is 0.110. The quantitative estimate of drug-likeness (QED) is 0.653. The van der Waals surface area contributed by atoms with Crippen molar-refractivity contribution in [1.82, 2.24) is 10.2 Å². The van der Waals surface area contributed by atoms with Gasteiger partial charge in [0, 0.05) is 24.8 Å². The molecule has 0 aromatic heterocycles. The largest absolute Gasteiger partial charge is 0.366 e. The molecule has 180 valence electrons. The number of likely N-dealkylation sites (tertiary alicyclic amines) is 1. The number of anilines is 1. The van der Waals surface area contributed by atoms with Crippen molar-refractivity contribution in [3.05, 3.63) is 30.1 Å². The molecule has 2 amide bonds. The summed E-state index contributed by atoms with van der Waals surface area (Å²) in [6.07, 6.45) is 8.90. The van der Waals surface area contributed by atoms with E-state index in [0.717, 1.165) is 38.3 Å². The molecule has 5 nitrogen and oxygen atoms in total. The van der Waals surface area contributed by atoms with Crippen LogP contribution in [0.25, 0.3) is 0 Å². The number of urea groups is 1. The minimum absolute atomic E-state index is 0.251. The average Bonchev–Trinajstić information content (AvgIpc) is 3.38. The molecule has 1 N–H and O–H groups in total. The number of amides is 2. The second-order valence-electron chi connectivity index (χ2n) is 10.6. The number of benzene rings is 1. The first-order valence-corrected chi connectivity index (χ1v) is 12.8. The van der Waals surface area contributed by atoms with E-state index >= 15 is 0 Å². The van der Waals surface area contributed by atoms with E-state index < -0.39 is 11.7 Å². The molecule has 3 fully saturated rings. The molecular weight excluding hydrogens is 422 g/mol. The number of carbonyl (C=O) groups excluding carboxylic acids is 1. The summed E-state index contributed by atoms with van der Waals surface area (Å²) in [6, 6.07) is 5.75. The zero-order valence-electron chi connectivity index (χ0n) is 19.6. The van der Waals surface area contributed by atoms with E-state index in [9.17, 15) is 13.6 Å². The zero-order valence-corrected chi connectivity index (χ0v) is 19.6. The van der Waals surface area contributed by atoms with Gasteiger partial charge in [0.15, 0.2) is 0 Å². The first kappa shape index (κ1) is 22.8. The third-order valence-corrected chi connectivity index (χ3v) is 8.37. The number of nitrogens with zero attached hydrogens (tertiary/aromatic N) is 3. The maximum atomic E-state index is 14.7. The summed E-state index contributed by atoms with van der Waals surface area (Å²) in [4.78, 5) is 21.9. The number of hydrogen-bond donors (Lipinski definition) is 1. The summed E-state index contributed by atoms with van der Waals surface area (Å²) in [5.74, 6) is 0.963. The highest BCUT2D eigenvalue weighted by molar-refractivity contribution is 6.16. The fraction of sp³-hybridized carbons (Fsp3) is 0.692. The number of hydrogen-bond acceptors (Lipinski definition) is 3. The van der Waals surface area contributed by atoms with E-state index in [1.54, 1.807) is 17.0 Å². The SMILES string of the molecule is C[C@H]1C[C@]2(CCN1CC1CCCC1)C(N[C@H]1CCCC[C@@H]1F)=NC(=O)N2c1cccc(F)c1. The first-order chi connectivity index (χ1) is 16.0. The lowest BCUT2D eigenvalue weighted by Crippen LogP contribution is -2.64. The molecule has 0 radical (unpaired) electrons. The third kappa shape index (κ3) is 4.41. The van der Waals surface area contributed by atoms with Crippen LogP contribution in [0.15, 0.2) is 29.3 Å². The van der Waals surface area contributed by atoms with Crippen LogP contribution in [0.1, 0.15) is 71.1 Å². The maximum absolute atomic E-state index is 14.7. The van der Waals surface area contributed by atoms with E-state index in [2.05, 4.69) is 22.1 Å². The standard InChI is InChI=1S/C26H36F2N4O/c1-18-16-26(13-14-31(18)17-19-7-2-3-8-19)24(29-23-12-5-4-11-22(23)28)30-25(33)32(26)21-10-6-9-20(27)15-21/h6,9-10,15,18-19,22-23H,2-5,7-8,11-14,16-17H2,1H3,(H,29,30,33)/t18-,22-,23-,26+/m0/s1. The molecule has 1 saturated heterocycles. The molecule has 5 rings (SSSR count). The van der Waals surface area contributed by atoms with E-state index in [1.807, 2.05) is 0 Å². The molecule has 0 unspecified atom stereocenters.